The van der Waals surface area contributed by atoms with E-state index in [9.17, 15) is 77.6 Å². The molecule has 31 heteroatoms. The second kappa shape index (κ2) is 35.9. The first kappa shape index (κ1) is 69.7. The Balaban J connectivity index is 6.45. The van der Waals surface area contributed by atoms with E-state index in [-0.39, 0.29) is 49.7 Å². The van der Waals surface area contributed by atoms with Gasteiger partial charge >= 0.3 is 5.97 Å². The summed E-state index contributed by atoms with van der Waals surface area (Å²) in [6.45, 7) is 9.40. The van der Waals surface area contributed by atoms with Gasteiger partial charge in [-0.2, -0.15) is 25.3 Å². The molecule has 76 heavy (non-hydrogen) atoms. The molecule has 0 rings (SSSR count). The first-order valence-corrected chi connectivity index (χ1v) is 25.7. The number of carboxylic acid groups (broad SMARTS) is 1. The largest absolute Gasteiger partial charge is 0.481 e. The third kappa shape index (κ3) is 26.4. The fraction of sp³-hybridized carbons (Fsp3) is 0.711. The molecule has 12 amide bonds. The predicted molar refractivity (Wildman–Crippen MR) is 279 cm³/mol. The summed E-state index contributed by atoms with van der Waals surface area (Å²) in [6, 6.07) is -13.5. The SMILES string of the molecule is CC[C@H](C)[C@H](NC(=O)[C@@H](NC(=O)[C@H](CS)NC(C)=O)[C@@H](C)O)C(=O)N[C@@H](CCC(=O)O)C(=O)NCC(=O)N[C@@H](CC(N)=O)C(=O)N[C@@H](CCCCN)C(=O)N[C@@H](CC(C)C)C(=O)N[C@H](C(=O)N[C@@H](CS)C(N)=O)[C@@H](C)O. The zero-order valence-electron chi connectivity index (χ0n) is 43.8. The normalized spacial score (nSPS) is 15.8. The Labute approximate surface area is 451 Å². The summed E-state index contributed by atoms with van der Waals surface area (Å²) in [5.41, 5.74) is 16.3. The lowest BCUT2D eigenvalue weighted by molar-refractivity contribution is -0.139. The summed E-state index contributed by atoms with van der Waals surface area (Å²) in [7, 11) is 0. The Hall–Kier alpha value is -6.31. The maximum atomic E-state index is 13.9. The van der Waals surface area contributed by atoms with E-state index in [1.807, 2.05) is 0 Å². The van der Waals surface area contributed by atoms with E-state index >= 15 is 0 Å². The number of carboxylic acids is 1. The van der Waals surface area contributed by atoms with Crippen molar-refractivity contribution < 1.29 is 77.6 Å². The Kier molecular flexibility index (Phi) is 32.9. The van der Waals surface area contributed by atoms with E-state index in [1.54, 1.807) is 27.7 Å². The van der Waals surface area contributed by atoms with Gasteiger partial charge in [0, 0.05) is 24.9 Å². The van der Waals surface area contributed by atoms with Gasteiger partial charge in [-0.25, -0.2) is 0 Å². The van der Waals surface area contributed by atoms with Crippen molar-refractivity contribution in [2.24, 2.45) is 29.0 Å². The molecule has 0 aromatic rings. The van der Waals surface area contributed by atoms with Crippen LogP contribution in [0.3, 0.4) is 0 Å². The lowest BCUT2D eigenvalue weighted by atomic mass is 9.96. The van der Waals surface area contributed by atoms with Crippen molar-refractivity contribution in [3.63, 3.8) is 0 Å². The summed E-state index contributed by atoms with van der Waals surface area (Å²) >= 11 is 8.00. The molecule has 0 saturated heterocycles. The van der Waals surface area contributed by atoms with Crippen molar-refractivity contribution >= 4 is 102 Å². The number of thiol groups is 2. The van der Waals surface area contributed by atoms with Gasteiger partial charge in [0.05, 0.1) is 25.2 Å². The van der Waals surface area contributed by atoms with Gasteiger partial charge in [0.1, 0.15) is 54.4 Å². The van der Waals surface area contributed by atoms with Gasteiger partial charge in [-0.05, 0) is 64.3 Å². The molecule has 0 spiro atoms. The minimum Gasteiger partial charge on any atom is -0.481 e. The smallest absolute Gasteiger partial charge is 0.303 e. The number of carbonyl (C=O) groups excluding carboxylic acids is 12. The van der Waals surface area contributed by atoms with Crippen LogP contribution in [-0.2, 0) is 62.3 Å². The zero-order valence-corrected chi connectivity index (χ0v) is 45.6. The van der Waals surface area contributed by atoms with E-state index < -0.39 is 175 Å². The van der Waals surface area contributed by atoms with Crippen LogP contribution in [0.25, 0.3) is 0 Å². The monoisotopic (exact) mass is 1120 g/mol. The Bertz CT molecular complexity index is 2030. The van der Waals surface area contributed by atoms with Crippen LogP contribution < -0.4 is 70.4 Å². The molecule has 432 valence electrons. The Morgan fingerprint density at radius 1 is 0.526 bits per heavy atom. The maximum Gasteiger partial charge on any atom is 0.303 e. The van der Waals surface area contributed by atoms with Crippen molar-refractivity contribution in [1.29, 1.82) is 0 Å². The Morgan fingerprint density at radius 2 is 0.974 bits per heavy atom. The molecule has 0 fully saturated rings. The number of primary amides is 2. The van der Waals surface area contributed by atoms with Gasteiger partial charge in [-0.1, -0.05) is 34.1 Å². The average Bonchev–Trinajstić information content (AvgIpc) is 3.33. The summed E-state index contributed by atoms with van der Waals surface area (Å²) in [6.07, 6.45) is -4.35. The van der Waals surface area contributed by atoms with E-state index in [0.29, 0.717) is 6.42 Å². The number of aliphatic carboxylic acids is 1. The molecule has 0 aromatic heterocycles. The predicted octanol–water partition coefficient (Wildman–Crippen LogP) is -6.45. The van der Waals surface area contributed by atoms with Gasteiger partial charge in [0.15, 0.2) is 0 Å². The van der Waals surface area contributed by atoms with Crippen molar-refractivity contribution in [3.05, 3.63) is 0 Å². The van der Waals surface area contributed by atoms with Gasteiger partial charge < -0.3 is 85.7 Å². The third-order valence-electron chi connectivity index (χ3n) is 11.3. The molecule has 12 atom stereocenters. The minimum atomic E-state index is -1.78. The number of unbranched alkanes of at least 4 members (excludes halogenated alkanes) is 1. The van der Waals surface area contributed by atoms with E-state index in [2.05, 4.69) is 78.4 Å². The minimum absolute atomic E-state index is 0.0243. The number of aliphatic hydroxyl groups is 2. The van der Waals surface area contributed by atoms with Crippen molar-refractivity contribution in [3.8, 4) is 0 Å². The molecule has 0 aliphatic carbocycles. The highest BCUT2D eigenvalue weighted by Gasteiger charge is 2.37. The molecule has 0 aromatic carbocycles. The first-order chi connectivity index (χ1) is 35.4. The van der Waals surface area contributed by atoms with Crippen molar-refractivity contribution in [2.45, 2.75) is 166 Å². The number of nitrogens with one attached hydrogen (secondary N) is 10. The summed E-state index contributed by atoms with van der Waals surface area (Å²) in [5, 5.41) is 53.7. The second-order valence-corrected chi connectivity index (χ2v) is 19.2. The number of hydrogen-bond donors (Lipinski definition) is 18. The molecule has 29 nitrogen and oxygen atoms in total. The summed E-state index contributed by atoms with van der Waals surface area (Å²) in [4.78, 5) is 168. The Morgan fingerprint density at radius 3 is 1.43 bits per heavy atom. The van der Waals surface area contributed by atoms with Crippen LogP contribution in [-0.4, -0.2) is 183 Å². The zero-order chi connectivity index (χ0) is 58.6. The number of aliphatic hydroxyl groups excluding tert-OH is 2. The molecule has 0 saturated carbocycles. The first-order valence-electron chi connectivity index (χ1n) is 24.5. The quantitative estimate of drug-likeness (QED) is 0.0203. The standard InChI is InChI=1S/C45H79N13O16S2/c1-8-21(4)34(56-45(74)36(23(6)60)58-42(71)30(19-76)50-24(7)61)43(72)53-26(12-13-33(64)65)38(67)49-17-32(63)51-28(16-31(47)62)40(69)52-25(11-9-10-14-46)39(68)54-27(15-20(2)3)41(70)57-35(22(5)59)44(73)55-29(18-75)37(48)66/h20-23,25-30,34-36,59-60,75-76H,8-19,46H2,1-7H3,(H2,47,62)(H2,48,66)(H,49,67)(H,50,61)(H,51,63)(H,52,69)(H,53,72)(H,54,68)(H,55,73)(H,56,74)(H,57,70)(H,58,71)(H,64,65)/t21-,22+,23+,25-,26-,27-,28-,29-,30-,34-,35-,36-/m0/s1. The van der Waals surface area contributed by atoms with E-state index in [4.69, 9.17) is 17.2 Å². The lowest BCUT2D eigenvalue weighted by Gasteiger charge is -2.29. The number of carbonyl (C=O) groups is 13. The summed E-state index contributed by atoms with van der Waals surface area (Å²) in [5.74, 6) is -14.4. The third-order valence-corrected chi connectivity index (χ3v) is 12.0. The average molecular weight is 1120 g/mol. The number of hydrogen-bond acceptors (Lipinski definition) is 18. The van der Waals surface area contributed by atoms with E-state index in [0.717, 1.165) is 6.92 Å². The van der Waals surface area contributed by atoms with Gasteiger partial charge in [-0.15, -0.1) is 0 Å². The van der Waals surface area contributed by atoms with Crippen LogP contribution in [0.2, 0.25) is 0 Å². The van der Waals surface area contributed by atoms with Gasteiger partial charge in [0.2, 0.25) is 70.9 Å². The van der Waals surface area contributed by atoms with Crippen molar-refractivity contribution in [1.82, 2.24) is 53.2 Å². The number of rotatable bonds is 37. The van der Waals surface area contributed by atoms with Crippen LogP contribution in [0.15, 0.2) is 0 Å². The highest BCUT2D eigenvalue weighted by Crippen LogP contribution is 2.12. The fourth-order valence-electron chi connectivity index (χ4n) is 6.92. The molecular weight excluding hydrogens is 1040 g/mol. The molecule has 0 heterocycles. The second-order valence-electron chi connectivity index (χ2n) is 18.4. The molecule has 0 aliphatic heterocycles. The molecule has 19 N–H and O–H groups in total. The summed E-state index contributed by atoms with van der Waals surface area (Å²) < 4.78 is 0. The van der Waals surface area contributed by atoms with Crippen LogP contribution >= 0.6 is 25.3 Å². The molecule has 0 aliphatic rings. The van der Waals surface area contributed by atoms with E-state index in [1.165, 1.54) is 13.8 Å². The molecule has 0 bridgehead atoms. The molecule has 0 unspecified atom stereocenters. The van der Waals surface area contributed by atoms with Crippen LogP contribution in [0.4, 0.5) is 0 Å². The van der Waals surface area contributed by atoms with Crippen molar-refractivity contribution in [2.75, 3.05) is 24.6 Å². The number of nitrogens with two attached hydrogens (primary N) is 3. The maximum absolute atomic E-state index is 13.9. The van der Waals surface area contributed by atoms with Gasteiger partial charge in [-0.3, -0.25) is 62.3 Å². The molecular formula is C45H79N13O16S2. The topological polar surface area (TPSA) is 481 Å². The highest BCUT2D eigenvalue weighted by molar-refractivity contribution is 7.80. The van der Waals surface area contributed by atoms with Crippen LogP contribution in [0, 0.1) is 11.8 Å². The highest BCUT2D eigenvalue weighted by atomic mass is 32.1. The van der Waals surface area contributed by atoms with Crippen LogP contribution in [0.1, 0.15) is 99.8 Å². The lowest BCUT2D eigenvalue weighted by Crippen LogP contribution is -2.62. The fourth-order valence-corrected chi connectivity index (χ4v) is 7.45. The molecule has 0 radical (unpaired) electrons. The van der Waals surface area contributed by atoms with Crippen LogP contribution in [0.5, 0.6) is 0 Å². The number of amides is 12. The van der Waals surface area contributed by atoms with Gasteiger partial charge in [0.25, 0.3) is 0 Å².